The Hall–Kier alpha value is -3.77. The molecule has 0 unspecified atom stereocenters. The number of morpholine rings is 1. The maximum Gasteiger partial charge on any atom is 0.263 e. The molecule has 36 heavy (non-hydrogen) atoms. The van der Waals surface area contributed by atoms with Crippen LogP contribution < -0.4 is 26.1 Å². The van der Waals surface area contributed by atoms with Crippen molar-refractivity contribution in [1.29, 1.82) is 0 Å². The summed E-state index contributed by atoms with van der Waals surface area (Å²) in [6, 6.07) is 3.41. The largest absolute Gasteiger partial charge is 0.491 e. The van der Waals surface area contributed by atoms with E-state index in [-0.39, 0.29) is 29.1 Å². The average molecular weight is 496 g/mol. The first-order valence-electron chi connectivity index (χ1n) is 12.0. The molecular formula is C24H29N7O5. The smallest absolute Gasteiger partial charge is 0.263 e. The molecule has 2 aliphatic rings. The zero-order valence-corrected chi connectivity index (χ0v) is 20.1. The molecule has 1 aliphatic heterocycles. The van der Waals surface area contributed by atoms with Gasteiger partial charge in [0.1, 0.15) is 5.52 Å². The van der Waals surface area contributed by atoms with E-state index in [0.717, 1.165) is 52.1 Å². The molecule has 0 atom stereocenters. The number of carbonyl (C=O) groups is 1. The molecule has 0 spiro atoms. The first-order chi connectivity index (χ1) is 17.5. The number of fused-ring (bicyclic) bond motifs is 1. The van der Waals surface area contributed by atoms with Crippen LogP contribution in [0, 0.1) is 0 Å². The fourth-order valence-corrected chi connectivity index (χ4v) is 4.22. The Balaban J connectivity index is 1.41. The normalized spacial score (nSPS) is 16.1. The minimum atomic E-state index is -0.495. The van der Waals surface area contributed by atoms with Gasteiger partial charge >= 0.3 is 0 Å². The molecule has 2 fully saturated rings. The molecule has 0 radical (unpaired) electrons. The number of methoxy groups -OCH3 is 1. The Morgan fingerprint density at radius 2 is 1.97 bits per heavy atom. The first-order valence-corrected chi connectivity index (χ1v) is 12.0. The lowest BCUT2D eigenvalue weighted by Gasteiger charge is -2.26. The van der Waals surface area contributed by atoms with E-state index in [4.69, 9.17) is 19.9 Å². The number of amides is 1. The number of nitrogen functional groups attached to an aromatic ring is 1. The van der Waals surface area contributed by atoms with Gasteiger partial charge in [0.25, 0.3) is 11.5 Å². The zero-order chi connectivity index (χ0) is 25.1. The van der Waals surface area contributed by atoms with E-state index >= 15 is 0 Å². The number of rotatable bonds is 9. The number of anilines is 2. The summed E-state index contributed by atoms with van der Waals surface area (Å²) in [5.74, 6) is 0.551. The van der Waals surface area contributed by atoms with Crippen LogP contribution in [0.3, 0.4) is 0 Å². The molecule has 3 heterocycles. The molecule has 1 saturated carbocycles. The molecule has 0 bridgehead atoms. The highest BCUT2D eigenvalue weighted by molar-refractivity contribution is 6.03. The molecule has 12 heteroatoms. The number of carbonyl (C=O) groups excluding carboxylic acids is 1. The summed E-state index contributed by atoms with van der Waals surface area (Å²) in [4.78, 5) is 41.0. The van der Waals surface area contributed by atoms with Gasteiger partial charge in [-0.05, 0) is 31.4 Å². The fraction of sp³-hybridized carbons (Fsp3) is 0.458. The SMILES string of the molecule is COc1c(OCCCN2CCOCC2)ccc2c(=O)n(C3CC3)c(NC(=O)c3cnc(N)nc3)nc12. The summed E-state index contributed by atoms with van der Waals surface area (Å²) in [6.45, 7) is 4.76. The zero-order valence-electron chi connectivity index (χ0n) is 20.1. The Morgan fingerprint density at radius 3 is 2.67 bits per heavy atom. The maximum atomic E-state index is 13.4. The third kappa shape index (κ3) is 5.09. The van der Waals surface area contributed by atoms with Gasteiger partial charge in [-0.1, -0.05) is 0 Å². The Morgan fingerprint density at radius 1 is 1.22 bits per heavy atom. The van der Waals surface area contributed by atoms with E-state index in [1.807, 2.05) is 0 Å². The van der Waals surface area contributed by atoms with Crippen molar-refractivity contribution in [3.05, 3.63) is 40.4 Å². The van der Waals surface area contributed by atoms with Gasteiger partial charge in [-0.2, -0.15) is 0 Å². The van der Waals surface area contributed by atoms with Gasteiger partial charge in [-0.25, -0.2) is 15.0 Å². The van der Waals surface area contributed by atoms with Crippen molar-refractivity contribution in [2.45, 2.75) is 25.3 Å². The molecule has 3 N–H and O–H groups in total. The summed E-state index contributed by atoms with van der Waals surface area (Å²) in [5, 5.41) is 3.14. The van der Waals surface area contributed by atoms with Crippen LogP contribution in [0.25, 0.3) is 10.9 Å². The van der Waals surface area contributed by atoms with Crippen molar-refractivity contribution in [3.63, 3.8) is 0 Å². The topological polar surface area (TPSA) is 147 Å². The van der Waals surface area contributed by atoms with E-state index in [9.17, 15) is 9.59 Å². The second-order valence-corrected chi connectivity index (χ2v) is 8.77. The molecular weight excluding hydrogens is 466 g/mol. The van der Waals surface area contributed by atoms with Crippen LogP contribution in [0.15, 0.2) is 29.3 Å². The molecule has 1 aromatic carbocycles. The predicted molar refractivity (Wildman–Crippen MR) is 133 cm³/mol. The fourth-order valence-electron chi connectivity index (χ4n) is 4.22. The van der Waals surface area contributed by atoms with Crippen LogP contribution in [-0.4, -0.2) is 76.9 Å². The second-order valence-electron chi connectivity index (χ2n) is 8.77. The van der Waals surface area contributed by atoms with Gasteiger partial charge in [0.15, 0.2) is 11.5 Å². The lowest BCUT2D eigenvalue weighted by atomic mass is 10.2. The lowest BCUT2D eigenvalue weighted by Crippen LogP contribution is -2.37. The lowest BCUT2D eigenvalue weighted by molar-refractivity contribution is 0.0357. The Kier molecular flexibility index (Phi) is 6.96. The van der Waals surface area contributed by atoms with Gasteiger partial charge < -0.3 is 19.9 Å². The molecule has 12 nitrogen and oxygen atoms in total. The second kappa shape index (κ2) is 10.5. The van der Waals surface area contributed by atoms with Crippen molar-refractivity contribution in [2.75, 3.05) is 57.6 Å². The van der Waals surface area contributed by atoms with Crippen molar-refractivity contribution in [2.24, 2.45) is 0 Å². The van der Waals surface area contributed by atoms with Crippen molar-refractivity contribution in [1.82, 2.24) is 24.4 Å². The standard InChI is InChI=1S/C24H29N7O5/c1-34-20-18(36-10-2-7-30-8-11-35-12-9-30)6-5-17-19(20)28-24(31(22(17)33)16-3-4-16)29-21(32)15-13-26-23(25)27-14-15/h5-6,13-14,16H,2-4,7-12H2,1H3,(H2,25,26,27)(H,28,29,32). The number of aromatic nitrogens is 4. The van der Waals surface area contributed by atoms with Gasteiger partial charge in [-0.3, -0.25) is 24.4 Å². The number of ether oxygens (including phenoxy) is 3. The Bertz CT molecular complexity index is 1300. The minimum Gasteiger partial charge on any atom is -0.491 e. The monoisotopic (exact) mass is 495 g/mol. The molecule has 1 amide bonds. The number of hydrogen-bond donors (Lipinski definition) is 2. The van der Waals surface area contributed by atoms with Crippen LogP contribution in [-0.2, 0) is 4.74 Å². The Labute approximate surface area is 207 Å². The molecule has 3 aromatic rings. The quantitative estimate of drug-likeness (QED) is 0.418. The highest BCUT2D eigenvalue weighted by atomic mass is 16.5. The minimum absolute atomic E-state index is 0.0190. The van der Waals surface area contributed by atoms with E-state index < -0.39 is 5.91 Å². The summed E-state index contributed by atoms with van der Waals surface area (Å²) >= 11 is 0. The van der Waals surface area contributed by atoms with Crippen LogP contribution in [0.1, 0.15) is 35.7 Å². The molecule has 5 rings (SSSR count). The van der Waals surface area contributed by atoms with Crippen LogP contribution in [0.2, 0.25) is 0 Å². The number of nitrogens with zero attached hydrogens (tertiary/aromatic N) is 5. The van der Waals surface area contributed by atoms with Gasteiger partial charge in [0.2, 0.25) is 11.9 Å². The van der Waals surface area contributed by atoms with E-state index in [1.54, 1.807) is 12.1 Å². The van der Waals surface area contributed by atoms with E-state index in [0.29, 0.717) is 29.0 Å². The van der Waals surface area contributed by atoms with E-state index in [2.05, 4.69) is 25.2 Å². The first kappa shape index (κ1) is 23.9. The summed E-state index contributed by atoms with van der Waals surface area (Å²) in [6.07, 6.45) is 5.15. The molecule has 1 aliphatic carbocycles. The third-order valence-electron chi connectivity index (χ3n) is 6.25. The van der Waals surface area contributed by atoms with E-state index in [1.165, 1.54) is 24.1 Å². The number of nitrogens with two attached hydrogens (primary N) is 1. The summed E-state index contributed by atoms with van der Waals surface area (Å²) in [5.41, 5.74) is 5.80. The van der Waals surface area contributed by atoms with Gasteiger partial charge in [-0.15, -0.1) is 0 Å². The summed E-state index contributed by atoms with van der Waals surface area (Å²) < 4.78 is 18.6. The summed E-state index contributed by atoms with van der Waals surface area (Å²) in [7, 11) is 1.51. The van der Waals surface area contributed by atoms with Gasteiger partial charge in [0, 0.05) is 38.1 Å². The van der Waals surface area contributed by atoms with Crippen LogP contribution >= 0.6 is 0 Å². The average Bonchev–Trinajstić information content (AvgIpc) is 3.72. The maximum absolute atomic E-state index is 13.4. The van der Waals surface area contributed by atoms with Gasteiger partial charge in [0.05, 0.1) is 37.9 Å². The van der Waals surface area contributed by atoms with Crippen molar-refractivity contribution >= 4 is 28.7 Å². The van der Waals surface area contributed by atoms with Crippen LogP contribution in [0.4, 0.5) is 11.9 Å². The number of nitrogens with one attached hydrogen (secondary N) is 1. The van der Waals surface area contributed by atoms with Crippen LogP contribution in [0.5, 0.6) is 11.5 Å². The van der Waals surface area contributed by atoms with Crippen molar-refractivity contribution < 1.29 is 19.0 Å². The van der Waals surface area contributed by atoms with Crippen molar-refractivity contribution in [3.8, 4) is 11.5 Å². The molecule has 2 aromatic heterocycles. The highest BCUT2D eigenvalue weighted by Gasteiger charge is 2.30. The highest BCUT2D eigenvalue weighted by Crippen LogP contribution is 2.38. The number of benzene rings is 1. The predicted octanol–water partition coefficient (Wildman–Crippen LogP) is 1.47. The molecule has 1 saturated heterocycles. The number of hydrogen-bond acceptors (Lipinski definition) is 10. The third-order valence-corrected chi connectivity index (χ3v) is 6.25. The molecule has 190 valence electrons.